The van der Waals surface area contributed by atoms with Crippen LogP contribution in [0.2, 0.25) is 0 Å². The molecule has 26 heavy (non-hydrogen) atoms. The summed E-state index contributed by atoms with van der Waals surface area (Å²) in [5, 5.41) is 6.76. The first-order valence-corrected chi connectivity index (χ1v) is 9.79. The zero-order valence-corrected chi connectivity index (χ0v) is 15.7. The summed E-state index contributed by atoms with van der Waals surface area (Å²) in [7, 11) is 1.63. The monoisotopic (exact) mass is 380 g/mol. The molecule has 0 atom stereocenters. The number of hydrogen-bond donors (Lipinski definition) is 1. The van der Waals surface area contributed by atoms with Crippen molar-refractivity contribution in [1.82, 2.24) is 4.98 Å². The third kappa shape index (κ3) is 3.47. The fraction of sp³-hybridized carbons (Fsp3) is 0.100. The third-order valence-electron chi connectivity index (χ3n) is 3.97. The van der Waals surface area contributed by atoms with Gasteiger partial charge in [-0.2, -0.15) is 0 Å². The maximum Gasteiger partial charge on any atom is 0.229 e. The Labute approximate surface area is 159 Å². The SMILES string of the molecule is COc1ccc(CC(=O)Nc2sccc2-c2nc3ccccc3s2)cc1. The van der Waals surface area contributed by atoms with E-state index in [1.165, 1.54) is 11.3 Å². The van der Waals surface area contributed by atoms with E-state index >= 15 is 0 Å². The summed E-state index contributed by atoms with van der Waals surface area (Å²) in [5.74, 6) is 0.741. The number of thiazole rings is 1. The molecule has 0 unspecified atom stereocenters. The van der Waals surface area contributed by atoms with E-state index in [1.807, 2.05) is 53.9 Å². The molecular formula is C20H16N2O2S2. The number of ether oxygens (including phenoxy) is 1. The lowest BCUT2D eigenvalue weighted by Crippen LogP contribution is -2.13. The molecule has 0 spiro atoms. The van der Waals surface area contributed by atoms with Gasteiger partial charge >= 0.3 is 0 Å². The molecule has 0 saturated heterocycles. The van der Waals surface area contributed by atoms with Crippen LogP contribution in [0.3, 0.4) is 0 Å². The van der Waals surface area contributed by atoms with Crippen LogP contribution in [-0.2, 0) is 11.2 Å². The second kappa shape index (κ2) is 7.27. The standard InChI is InChI=1S/C20H16N2O2S2/c1-24-14-8-6-13(7-9-14)12-18(23)22-19-15(10-11-25-19)20-21-16-4-2-3-5-17(16)26-20/h2-11H,12H2,1H3,(H,22,23). The van der Waals surface area contributed by atoms with E-state index < -0.39 is 0 Å². The first-order valence-electron chi connectivity index (χ1n) is 8.09. The van der Waals surface area contributed by atoms with Gasteiger partial charge in [-0.05, 0) is 41.3 Å². The largest absolute Gasteiger partial charge is 0.497 e. The first kappa shape index (κ1) is 16.8. The van der Waals surface area contributed by atoms with E-state index in [0.29, 0.717) is 6.42 Å². The quantitative estimate of drug-likeness (QED) is 0.517. The number of fused-ring (bicyclic) bond motifs is 1. The van der Waals surface area contributed by atoms with Crippen LogP contribution in [-0.4, -0.2) is 18.0 Å². The van der Waals surface area contributed by atoms with Gasteiger partial charge < -0.3 is 10.1 Å². The molecule has 1 amide bonds. The van der Waals surface area contributed by atoms with Gasteiger partial charge in [-0.3, -0.25) is 4.79 Å². The van der Waals surface area contributed by atoms with Crippen molar-refractivity contribution in [2.75, 3.05) is 12.4 Å². The summed E-state index contributed by atoms with van der Waals surface area (Å²) in [4.78, 5) is 17.1. The van der Waals surface area contributed by atoms with E-state index in [4.69, 9.17) is 4.74 Å². The van der Waals surface area contributed by atoms with Crippen molar-refractivity contribution in [1.29, 1.82) is 0 Å². The lowest BCUT2D eigenvalue weighted by atomic mass is 10.1. The van der Waals surface area contributed by atoms with E-state index in [2.05, 4.69) is 16.4 Å². The average molecular weight is 380 g/mol. The lowest BCUT2D eigenvalue weighted by molar-refractivity contribution is -0.115. The number of hydrogen-bond acceptors (Lipinski definition) is 5. The van der Waals surface area contributed by atoms with Crippen molar-refractivity contribution in [3.63, 3.8) is 0 Å². The lowest BCUT2D eigenvalue weighted by Gasteiger charge is -2.06. The van der Waals surface area contributed by atoms with Gasteiger partial charge in [0.05, 0.1) is 23.7 Å². The maximum atomic E-state index is 12.4. The number of aromatic nitrogens is 1. The number of para-hydroxylation sites is 1. The van der Waals surface area contributed by atoms with Crippen LogP contribution < -0.4 is 10.1 Å². The van der Waals surface area contributed by atoms with Crippen molar-refractivity contribution in [2.24, 2.45) is 0 Å². The molecule has 0 aliphatic heterocycles. The van der Waals surface area contributed by atoms with E-state index in [-0.39, 0.29) is 5.91 Å². The van der Waals surface area contributed by atoms with Crippen molar-refractivity contribution < 1.29 is 9.53 Å². The van der Waals surface area contributed by atoms with Crippen LogP contribution in [0, 0.1) is 0 Å². The molecule has 2 aromatic carbocycles. The molecule has 1 N–H and O–H groups in total. The van der Waals surface area contributed by atoms with Gasteiger partial charge in [-0.25, -0.2) is 4.98 Å². The summed E-state index contributed by atoms with van der Waals surface area (Å²) >= 11 is 3.15. The highest BCUT2D eigenvalue weighted by Crippen LogP contribution is 2.37. The Kier molecular flexibility index (Phi) is 4.69. The summed E-state index contributed by atoms with van der Waals surface area (Å²) < 4.78 is 6.29. The molecule has 0 fully saturated rings. The van der Waals surface area contributed by atoms with E-state index in [9.17, 15) is 4.79 Å². The number of nitrogens with zero attached hydrogens (tertiary/aromatic N) is 1. The number of amides is 1. The normalized spacial score (nSPS) is 10.8. The number of methoxy groups -OCH3 is 1. The Morgan fingerprint density at radius 2 is 1.92 bits per heavy atom. The molecule has 2 aromatic heterocycles. The predicted octanol–water partition coefficient (Wildman–Crippen LogP) is 5.21. The number of benzene rings is 2. The van der Waals surface area contributed by atoms with Gasteiger partial charge in [0.15, 0.2) is 0 Å². The number of rotatable bonds is 5. The second-order valence-electron chi connectivity index (χ2n) is 5.72. The van der Waals surface area contributed by atoms with Crippen LogP contribution in [0.4, 0.5) is 5.00 Å². The van der Waals surface area contributed by atoms with Crippen molar-refractivity contribution in [2.45, 2.75) is 6.42 Å². The number of nitrogens with one attached hydrogen (secondary N) is 1. The molecule has 0 bridgehead atoms. The zero-order chi connectivity index (χ0) is 17.9. The number of thiophene rings is 1. The smallest absolute Gasteiger partial charge is 0.229 e. The summed E-state index contributed by atoms with van der Waals surface area (Å²) in [6, 6.07) is 17.6. The molecule has 0 saturated carbocycles. The molecule has 2 heterocycles. The topological polar surface area (TPSA) is 51.2 Å². The van der Waals surface area contributed by atoms with E-state index in [1.54, 1.807) is 18.4 Å². The van der Waals surface area contributed by atoms with Gasteiger partial charge in [-0.1, -0.05) is 24.3 Å². The van der Waals surface area contributed by atoms with Crippen LogP contribution in [0.1, 0.15) is 5.56 Å². The molecule has 4 aromatic rings. The molecule has 4 nitrogen and oxygen atoms in total. The Morgan fingerprint density at radius 1 is 1.12 bits per heavy atom. The number of carbonyl (C=O) groups excluding carboxylic acids is 1. The Bertz CT molecular complexity index is 1020. The summed E-state index contributed by atoms with van der Waals surface area (Å²) in [6.45, 7) is 0. The summed E-state index contributed by atoms with van der Waals surface area (Å²) in [5.41, 5.74) is 2.90. The fourth-order valence-corrected chi connectivity index (χ4v) is 4.53. The molecule has 130 valence electrons. The fourth-order valence-electron chi connectivity index (χ4n) is 2.66. The summed E-state index contributed by atoms with van der Waals surface area (Å²) in [6.07, 6.45) is 0.321. The minimum atomic E-state index is -0.0417. The van der Waals surface area contributed by atoms with Crippen LogP contribution in [0.25, 0.3) is 20.8 Å². The number of carbonyl (C=O) groups is 1. The highest BCUT2D eigenvalue weighted by atomic mass is 32.1. The van der Waals surface area contributed by atoms with Crippen LogP contribution >= 0.6 is 22.7 Å². The van der Waals surface area contributed by atoms with Crippen LogP contribution in [0.5, 0.6) is 5.75 Å². The molecular weight excluding hydrogens is 364 g/mol. The maximum absolute atomic E-state index is 12.4. The zero-order valence-electron chi connectivity index (χ0n) is 14.1. The van der Waals surface area contributed by atoms with E-state index in [0.717, 1.165) is 37.1 Å². The molecule has 6 heteroatoms. The number of anilines is 1. The average Bonchev–Trinajstić information content (AvgIpc) is 3.28. The first-order chi connectivity index (χ1) is 12.7. The Hall–Kier alpha value is -2.70. The van der Waals surface area contributed by atoms with Crippen molar-refractivity contribution in [3.05, 3.63) is 65.5 Å². The second-order valence-corrected chi connectivity index (χ2v) is 7.67. The highest BCUT2D eigenvalue weighted by Gasteiger charge is 2.14. The third-order valence-corrected chi connectivity index (χ3v) is 5.87. The molecule has 0 aliphatic carbocycles. The van der Waals surface area contributed by atoms with Crippen molar-refractivity contribution in [3.8, 4) is 16.3 Å². The molecule has 0 radical (unpaired) electrons. The minimum Gasteiger partial charge on any atom is -0.497 e. The predicted molar refractivity (Wildman–Crippen MR) is 108 cm³/mol. The van der Waals surface area contributed by atoms with Gasteiger partial charge in [0.1, 0.15) is 15.8 Å². The Balaban J connectivity index is 1.52. The minimum absolute atomic E-state index is 0.0417. The van der Waals surface area contributed by atoms with Gasteiger partial charge in [0.25, 0.3) is 0 Å². The van der Waals surface area contributed by atoms with Gasteiger partial charge in [0, 0.05) is 5.56 Å². The highest BCUT2D eigenvalue weighted by molar-refractivity contribution is 7.22. The van der Waals surface area contributed by atoms with Crippen LogP contribution in [0.15, 0.2) is 60.0 Å². The molecule has 0 aliphatic rings. The molecule has 4 rings (SSSR count). The van der Waals surface area contributed by atoms with Gasteiger partial charge in [-0.15, -0.1) is 22.7 Å². The Morgan fingerprint density at radius 3 is 2.69 bits per heavy atom. The van der Waals surface area contributed by atoms with Crippen molar-refractivity contribution >= 4 is 43.8 Å². The van der Waals surface area contributed by atoms with Gasteiger partial charge in [0.2, 0.25) is 5.91 Å².